The molecule has 0 saturated heterocycles. The normalized spacial score (nSPS) is 15.8. The highest BCUT2D eigenvalue weighted by atomic mass is 16.5. The molecule has 1 aliphatic carbocycles. The average Bonchev–Trinajstić information content (AvgIpc) is 3.28. The highest BCUT2D eigenvalue weighted by Crippen LogP contribution is 2.43. The molecule has 28 heavy (non-hydrogen) atoms. The Morgan fingerprint density at radius 2 is 2.18 bits per heavy atom. The van der Waals surface area contributed by atoms with Gasteiger partial charge in [0.25, 0.3) is 0 Å². The first-order chi connectivity index (χ1) is 13.3. The van der Waals surface area contributed by atoms with Crippen molar-refractivity contribution in [1.29, 1.82) is 0 Å². The number of esters is 1. The Kier molecular flexibility index (Phi) is 4.47. The molecule has 8 heteroatoms. The van der Waals surface area contributed by atoms with Gasteiger partial charge in [-0.2, -0.15) is 10.2 Å². The van der Waals surface area contributed by atoms with E-state index < -0.39 is 17.7 Å². The number of aromatic nitrogens is 4. The topological polar surface area (TPSA) is 102 Å². The predicted octanol–water partition coefficient (Wildman–Crippen LogP) is 1.99. The molecule has 0 radical (unpaired) electrons. The summed E-state index contributed by atoms with van der Waals surface area (Å²) in [4.78, 5) is 12.0. The fraction of sp³-hybridized carbons (Fsp3) is 0.450. The molecule has 3 heterocycles. The molecule has 1 fully saturated rings. The Balaban J connectivity index is 1.75. The number of hydrogen-bond acceptors (Lipinski definition) is 6. The number of hydrogen-bond donors (Lipinski definition) is 2. The monoisotopic (exact) mass is 384 g/mol. The molecule has 3 aromatic heterocycles. The van der Waals surface area contributed by atoms with Gasteiger partial charge in [0, 0.05) is 23.9 Å². The molecule has 1 saturated carbocycles. The van der Waals surface area contributed by atoms with Crippen LogP contribution in [0.2, 0.25) is 0 Å². The largest absolute Gasteiger partial charge is 0.465 e. The van der Waals surface area contributed by atoms with E-state index in [9.17, 15) is 15.0 Å². The molecule has 4 rings (SSSR count). The van der Waals surface area contributed by atoms with Crippen LogP contribution < -0.4 is 0 Å². The first kappa shape index (κ1) is 18.6. The second-order valence-corrected chi connectivity index (χ2v) is 7.89. The van der Waals surface area contributed by atoms with Gasteiger partial charge in [-0.25, -0.2) is 9.31 Å². The molecule has 0 amide bonds. The molecule has 148 valence electrons. The Labute approximate surface area is 162 Å². The fourth-order valence-electron chi connectivity index (χ4n) is 3.23. The van der Waals surface area contributed by atoms with E-state index in [2.05, 4.69) is 10.2 Å². The summed E-state index contributed by atoms with van der Waals surface area (Å²) in [6, 6.07) is 3.83. The third-order valence-electron chi connectivity index (χ3n) is 5.17. The number of ether oxygens (including phenoxy) is 1. The van der Waals surface area contributed by atoms with Gasteiger partial charge in [0.15, 0.2) is 0 Å². The lowest BCUT2D eigenvalue weighted by Gasteiger charge is -2.24. The second kappa shape index (κ2) is 6.72. The highest BCUT2D eigenvalue weighted by Gasteiger charge is 2.31. The van der Waals surface area contributed by atoms with Crippen LogP contribution >= 0.6 is 0 Å². The molecule has 1 atom stereocenters. The molecule has 3 aromatic rings. The van der Waals surface area contributed by atoms with Gasteiger partial charge in [0.2, 0.25) is 0 Å². The molecule has 0 spiro atoms. The molecule has 1 aliphatic rings. The van der Waals surface area contributed by atoms with E-state index in [4.69, 9.17) is 4.74 Å². The Bertz CT molecular complexity index is 1030. The van der Waals surface area contributed by atoms with Crippen molar-refractivity contribution in [1.82, 2.24) is 19.4 Å². The van der Waals surface area contributed by atoms with Gasteiger partial charge >= 0.3 is 5.97 Å². The lowest BCUT2D eigenvalue weighted by molar-refractivity contribution is -0.0566. The number of aliphatic hydroxyl groups excluding tert-OH is 1. The maximum atomic E-state index is 12.0. The minimum atomic E-state index is -1.21. The molecule has 0 aliphatic heterocycles. The zero-order valence-corrected chi connectivity index (χ0v) is 16.2. The summed E-state index contributed by atoms with van der Waals surface area (Å²) in [6.07, 6.45) is 6.42. The van der Waals surface area contributed by atoms with Crippen molar-refractivity contribution in [3.8, 4) is 11.1 Å². The van der Waals surface area contributed by atoms with Crippen LogP contribution in [0, 0.1) is 0 Å². The molecular formula is C20H24N4O4. The summed E-state index contributed by atoms with van der Waals surface area (Å²) in [5.74, 6) is -0.0321. The molecule has 2 N–H and O–H groups in total. The van der Waals surface area contributed by atoms with E-state index in [0.29, 0.717) is 17.0 Å². The van der Waals surface area contributed by atoms with E-state index >= 15 is 0 Å². The summed E-state index contributed by atoms with van der Waals surface area (Å²) in [7, 11) is 1.35. The van der Waals surface area contributed by atoms with Crippen molar-refractivity contribution in [3.63, 3.8) is 0 Å². The number of nitrogens with zero attached hydrogens (tertiary/aromatic N) is 4. The summed E-state index contributed by atoms with van der Waals surface area (Å²) < 4.78 is 8.16. The van der Waals surface area contributed by atoms with Crippen molar-refractivity contribution in [3.05, 3.63) is 42.0 Å². The van der Waals surface area contributed by atoms with E-state index in [1.807, 2.05) is 18.3 Å². The smallest absolute Gasteiger partial charge is 0.341 e. The third-order valence-corrected chi connectivity index (χ3v) is 5.17. The predicted molar refractivity (Wildman–Crippen MR) is 102 cm³/mol. The molecule has 0 aromatic carbocycles. The first-order valence-electron chi connectivity index (χ1n) is 9.32. The number of fused-ring (bicyclic) bond motifs is 1. The summed E-state index contributed by atoms with van der Waals surface area (Å²) in [6.45, 7) is 3.35. The number of methoxy groups -OCH3 is 1. The Morgan fingerprint density at radius 1 is 1.43 bits per heavy atom. The van der Waals surface area contributed by atoms with E-state index in [1.165, 1.54) is 13.3 Å². The van der Waals surface area contributed by atoms with Gasteiger partial charge in [0.1, 0.15) is 11.7 Å². The van der Waals surface area contributed by atoms with Crippen molar-refractivity contribution in [2.24, 2.45) is 0 Å². The standard InChI is InChI=1S/C20H24N4O4/c1-20(2,27)17(25)11-23-10-15(18(22-23)12-4-5-12)13-6-7-24-16(8-13)14(9-21-24)19(26)28-3/h6-10,12,17,25,27H,4-5,11H2,1-3H3/t17-/m0/s1. The molecular weight excluding hydrogens is 360 g/mol. The SMILES string of the molecule is COC(=O)c1cnn2ccc(-c3cn(C[C@H](O)C(C)(C)O)nc3C3CC3)cc12. The van der Waals surface area contributed by atoms with Gasteiger partial charge in [-0.1, -0.05) is 0 Å². The van der Waals surface area contributed by atoms with Crippen molar-refractivity contribution < 1.29 is 19.7 Å². The number of carbonyl (C=O) groups is 1. The summed E-state index contributed by atoms with van der Waals surface area (Å²) in [5, 5.41) is 29.1. The minimum Gasteiger partial charge on any atom is -0.465 e. The lowest BCUT2D eigenvalue weighted by atomic mass is 10.0. The zero-order valence-electron chi connectivity index (χ0n) is 16.2. The van der Waals surface area contributed by atoms with Crippen LogP contribution in [-0.4, -0.2) is 54.4 Å². The molecule has 0 unspecified atom stereocenters. The van der Waals surface area contributed by atoms with Gasteiger partial charge in [-0.3, -0.25) is 4.68 Å². The lowest BCUT2D eigenvalue weighted by Crippen LogP contribution is -2.39. The maximum Gasteiger partial charge on any atom is 0.341 e. The van der Waals surface area contributed by atoms with Gasteiger partial charge < -0.3 is 14.9 Å². The molecule has 8 nitrogen and oxygen atoms in total. The number of aliphatic hydroxyl groups is 2. The fourth-order valence-corrected chi connectivity index (χ4v) is 3.23. The zero-order chi connectivity index (χ0) is 20.1. The summed E-state index contributed by atoms with van der Waals surface area (Å²) >= 11 is 0. The Morgan fingerprint density at radius 3 is 2.82 bits per heavy atom. The van der Waals surface area contributed by atoms with E-state index in [0.717, 1.165) is 29.7 Å². The van der Waals surface area contributed by atoms with Crippen LogP contribution in [0.25, 0.3) is 16.6 Å². The van der Waals surface area contributed by atoms with Gasteiger partial charge in [-0.15, -0.1) is 0 Å². The first-order valence-corrected chi connectivity index (χ1v) is 9.32. The minimum absolute atomic E-state index is 0.200. The van der Waals surface area contributed by atoms with Crippen LogP contribution in [0.1, 0.15) is 48.7 Å². The van der Waals surface area contributed by atoms with Crippen molar-refractivity contribution in [2.75, 3.05) is 7.11 Å². The van der Waals surface area contributed by atoms with E-state index in [1.54, 1.807) is 29.2 Å². The summed E-state index contributed by atoms with van der Waals surface area (Å²) in [5.41, 5.74) is 2.72. The van der Waals surface area contributed by atoms with Crippen molar-refractivity contribution >= 4 is 11.5 Å². The van der Waals surface area contributed by atoms with Gasteiger partial charge in [0.05, 0.1) is 36.7 Å². The van der Waals surface area contributed by atoms with Crippen LogP contribution in [0.3, 0.4) is 0 Å². The second-order valence-electron chi connectivity index (χ2n) is 7.89. The number of rotatable bonds is 6. The van der Waals surface area contributed by atoms with Crippen LogP contribution in [0.4, 0.5) is 0 Å². The van der Waals surface area contributed by atoms with Crippen LogP contribution in [0.15, 0.2) is 30.7 Å². The van der Waals surface area contributed by atoms with Crippen LogP contribution in [0.5, 0.6) is 0 Å². The van der Waals surface area contributed by atoms with Crippen LogP contribution in [-0.2, 0) is 11.3 Å². The van der Waals surface area contributed by atoms with E-state index in [-0.39, 0.29) is 6.54 Å². The number of carbonyl (C=O) groups excluding carboxylic acids is 1. The Hall–Kier alpha value is -2.71. The van der Waals surface area contributed by atoms with Gasteiger partial charge in [-0.05, 0) is 44.4 Å². The number of pyridine rings is 1. The van der Waals surface area contributed by atoms with Crippen molar-refractivity contribution in [2.45, 2.75) is 50.9 Å². The third kappa shape index (κ3) is 3.41. The maximum absolute atomic E-state index is 12.0. The molecule has 0 bridgehead atoms. The highest BCUT2D eigenvalue weighted by molar-refractivity contribution is 5.97. The average molecular weight is 384 g/mol. The quantitative estimate of drug-likeness (QED) is 0.630.